The van der Waals surface area contributed by atoms with E-state index in [1.54, 1.807) is 6.20 Å². The first-order chi connectivity index (χ1) is 15.8. The van der Waals surface area contributed by atoms with Crippen molar-refractivity contribution in [2.24, 2.45) is 0 Å². The fourth-order valence-electron chi connectivity index (χ4n) is 6.47. The molecule has 8 heteroatoms. The minimum atomic E-state index is -1.51. The molecule has 3 atom stereocenters. The number of carboxylic acid groups (broad SMARTS) is 1. The number of carboxylic acids is 1. The van der Waals surface area contributed by atoms with Gasteiger partial charge >= 0.3 is 0 Å². The lowest BCUT2D eigenvalue weighted by Gasteiger charge is -2.55. The van der Waals surface area contributed by atoms with Crippen molar-refractivity contribution in [2.45, 2.75) is 77.0 Å². The standard InChI is InChI=1S/C25H32FN3O4/c1-15-5-3-4-10-28(15)29-14-20(25(32)33)24(31)19-13-21(26)22(27-11-8-17(30)9-12-27)18(23(19)29)7-6-16(29)2/h13-17,30H,3-12H2,1-2H3/t15-,16?,29?/m0/s1. The fourth-order valence-corrected chi connectivity index (χ4v) is 6.47. The second-order valence-corrected chi connectivity index (χ2v) is 10.1. The van der Waals surface area contributed by atoms with Crippen LogP contribution in [0.3, 0.4) is 0 Å². The number of halogens is 1. The Kier molecular flexibility index (Phi) is 5.58. The highest BCUT2D eigenvalue weighted by Crippen LogP contribution is 2.51. The lowest BCUT2D eigenvalue weighted by molar-refractivity contribution is -0.298. The maximum absolute atomic E-state index is 15.6. The summed E-state index contributed by atoms with van der Waals surface area (Å²) in [6.45, 7) is 6.11. The molecule has 0 aliphatic carbocycles. The number of rotatable bonds is 3. The van der Waals surface area contributed by atoms with E-state index >= 15 is 4.39 Å². The van der Waals surface area contributed by atoms with E-state index in [0.29, 0.717) is 38.0 Å². The van der Waals surface area contributed by atoms with Crippen LogP contribution in [0.4, 0.5) is 15.8 Å². The predicted molar refractivity (Wildman–Crippen MR) is 121 cm³/mol. The molecule has 33 heavy (non-hydrogen) atoms. The van der Waals surface area contributed by atoms with Crippen molar-refractivity contribution < 1.29 is 24.2 Å². The van der Waals surface area contributed by atoms with Crippen LogP contribution in [-0.2, 0) is 11.2 Å². The highest BCUT2D eigenvalue weighted by atomic mass is 19.1. The van der Waals surface area contributed by atoms with E-state index in [9.17, 15) is 19.8 Å². The SMILES string of the molecule is CC1CCc2c(N3CCC(O)CC3)c(F)cc3c2[N+]1(N1CCCC[C@@H]1C)C=C(C(=O)[O-])C3=O. The van der Waals surface area contributed by atoms with Crippen LogP contribution in [-0.4, -0.2) is 59.7 Å². The number of aliphatic hydroxyl groups excluding tert-OH is 1. The van der Waals surface area contributed by atoms with Gasteiger partial charge in [0.25, 0.3) is 0 Å². The van der Waals surface area contributed by atoms with E-state index in [2.05, 4.69) is 18.9 Å². The summed E-state index contributed by atoms with van der Waals surface area (Å²) in [7, 11) is 0. The topological polar surface area (TPSA) is 83.9 Å². The van der Waals surface area contributed by atoms with Crippen LogP contribution in [0.5, 0.6) is 0 Å². The van der Waals surface area contributed by atoms with Crippen LogP contribution < -0.4 is 14.6 Å². The number of benzene rings is 1. The van der Waals surface area contributed by atoms with E-state index < -0.39 is 17.6 Å². The highest BCUT2D eigenvalue weighted by Gasteiger charge is 2.54. The predicted octanol–water partition coefficient (Wildman–Crippen LogP) is 2.05. The molecule has 0 bridgehead atoms. The van der Waals surface area contributed by atoms with Crippen molar-refractivity contribution in [1.29, 1.82) is 0 Å². The minimum absolute atomic E-state index is 0.000685. The number of nitrogens with zero attached hydrogens (tertiary/aromatic N) is 3. The normalized spacial score (nSPS) is 30.7. The Bertz CT molecular complexity index is 1030. The van der Waals surface area contributed by atoms with Crippen molar-refractivity contribution >= 4 is 23.1 Å². The quantitative estimate of drug-likeness (QED) is 0.553. The number of anilines is 1. The van der Waals surface area contributed by atoms with Crippen LogP contribution >= 0.6 is 0 Å². The third-order valence-corrected chi connectivity index (χ3v) is 8.18. The van der Waals surface area contributed by atoms with E-state index in [1.165, 1.54) is 6.07 Å². The average molecular weight is 458 g/mol. The summed E-state index contributed by atoms with van der Waals surface area (Å²) in [6, 6.07) is 1.43. The monoisotopic (exact) mass is 457 g/mol. The highest BCUT2D eigenvalue weighted by molar-refractivity contribution is 6.26. The molecule has 0 saturated carbocycles. The first-order valence-corrected chi connectivity index (χ1v) is 12.2. The van der Waals surface area contributed by atoms with Crippen molar-refractivity contribution in [1.82, 2.24) is 9.60 Å². The second kappa shape index (κ2) is 8.18. The number of hydrogen-bond donors (Lipinski definition) is 1. The largest absolute Gasteiger partial charge is 0.544 e. The Balaban J connectivity index is 1.78. The Labute approximate surface area is 193 Å². The van der Waals surface area contributed by atoms with Gasteiger partial charge in [0.2, 0.25) is 5.78 Å². The van der Waals surface area contributed by atoms with Gasteiger partial charge in [-0.3, -0.25) is 4.79 Å². The van der Waals surface area contributed by atoms with Gasteiger partial charge in [0.15, 0.2) is 5.69 Å². The van der Waals surface area contributed by atoms with Crippen LogP contribution in [0.2, 0.25) is 0 Å². The molecular formula is C25H32FN3O4. The van der Waals surface area contributed by atoms with E-state index in [-0.39, 0.29) is 33.9 Å². The first kappa shape index (κ1) is 22.5. The van der Waals surface area contributed by atoms with E-state index in [1.807, 2.05) is 4.90 Å². The van der Waals surface area contributed by atoms with Crippen molar-refractivity contribution in [2.75, 3.05) is 24.5 Å². The second-order valence-electron chi connectivity index (χ2n) is 10.1. The van der Waals surface area contributed by atoms with Crippen molar-refractivity contribution in [3.05, 3.63) is 34.8 Å². The van der Waals surface area contributed by atoms with Crippen molar-refractivity contribution in [3.63, 3.8) is 0 Å². The average Bonchev–Trinajstić information content (AvgIpc) is 2.78. The molecule has 4 aliphatic rings. The maximum atomic E-state index is 15.6. The van der Waals surface area contributed by atoms with Gasteiger partial charge in [-0.25, -0.2) is 4.39 Å². The molecule has 0 spiro atoms. The summed E-state index contributed by atoms with van der Waals surface area (Å²) in [5.74, 6) is -2.67. The number of aliphatic carboxylic acids is 1. The Morgan fingerprint density at radius 3 is 2.55 bits per heavy atom. The number of aliphatic hydroxyl groups is 1. The summed E-state index contributed by atoms with van der Waals surface area (Å²) in [5.41, 5.74) is 1.82. The summed E-state index contributed by atoms with van der Waals surface area (Å²) in [4.78, 5) is 27.3. The molecule has 2 saturated heterocycles. The Morgan fingerprint density at radius 1 is 1.15 bits per heavy atom. The maximum Gasteiger partial charge on any atom is 0.206 e. The molecule has 5 rings (SSSR count). The van der Waals surface area contributed by atoms with Crippen LogP contribution in [0.1, 0.15) is 68.3 Å². The van der Waals surface area contributed by atoms with Gasteiger partial charge in [0.1, 0.15) is 23.6 Å². The van der Waals surface area contributed by atoms with Crippen LogP contribution in [0.15, 0.2) is 17.8 Å². The first-order valence-electron chi connectivity index (χ1n) is 12.2. The molecule has 1 aromatic rings. The molecule has 4 heterocycles. The van der Waals surface area contributed by atoms with E-state index in [0.717, 1.165) is 43.5 Å². The number of piperidine rings is 2. The minimum Gasteiger partial charge on any atom is -0.544 e. The molecule has 0 radical (unpaired) electrons. The molecule has 0 aromatic heterocycles. The van der Waals surface area contributed by atoms with Gasteiger partial charge in [-0.1, -0.05) is 6.42 Å². The molecule has 178 valence electrons. The van der Waals surface area contributed by atoms with Gasteiger partial charge in [0.05, 0.1) is 29.4 Å². The number of hydrogen-bond acceptors (Lipinski definition) is 6. The number of quaternary nitrogens is 1. The number of ketones is 1. The Morgan fingerprint density at radius 2 is 1.88 bits per heavy atom. The summed E-state index contributed by atoms with van der Waals surface area (Å²) < 4.78 is 15.8. The fraction of sp³-hybridized carbons (Fsp3) is 0.600. The molecule has 1 N–H and O–H groups in total. The van der Waals surface area contributed by atoms with Crippen LogP contribution in [0.25, 0.3) is 0 Å². The van der Waals surface area contributed by atoms with Gasteiger partial charge in [-0.05, 0) is 52.0 Å². The molecule has 2 fully saturated rings. The zero-order valence-corrected chi connectivity index (χ0v) is 19.3. The number of carbonyl (C=O) groups is 2. The molecule has 1 aromatic carbocycles. The number of carbonyl (C=O) groups excluding carboxylic acids is 2. The van der Waals surface area contributed by atoms with Crippen molar-refractivity contribution in [3.8, 4) is 0 Å². The summed E-state index contributed by atoms with van der Waals surface area (Å²) >= 11 is 0. The van der Waals surface area contributed by atoms with Gasteiger partial charge in [0, 0.05) is 31.6 Å². The van der Waals surface area contributed by atoms with Gasteiger partial charge < -0.3 is 19.9 Å². The molecule has 4 aliphatic heterocycles. The molecule has 0 amide bonds. The van der Waals surface area contributed by atoms with Gasteiger partial charge in [-0.2, -0.15) is 4.59 Å². The smallest absolute Gasteiger partial charge is 0.206 e. The zero-order valence-electron chi connectivity index (χ0n) is 19.3. The van der Waals surface area contributed by atoms with E-state index in [4.69, 9.17) is 0 Å². The molecule has 7 nitrogen and oxygen atoms in total. The Hall–Kier alpha value is -2.29. The number of Topliss-reactive ketones (excluding diaryl/α,β-unsaturated/α-hetero) is 1. The zero-order chi connectivity index (χ0) is 23.5. The third kappa shape index (κ3) is 3.33. The lowest BCUT2D eigenvalue weighted by Crippen LogP contribution is -2.69. The molecule has 2 unspecified atom stereocenters. The lowest BCUT2D eigenvalue weighted by atomic mass is 9.84. The van der Waals surface area contributed by atoms with Gasteiger partial charge in [-0.15, -0.1) is 5.01 Å². The third-order valence-electron chi connectivity index (χ3n) is 8.18. The molecular weight excluding hydrogens is 425 g/mol. The summed E-state index contributed by atoms with van der Waals surface area (Å²) in [6.07, 6.45) is 6.79. The summed E-state index contributed by atoms with van der Waals surface area (Å²) in [5, 5.41) is 24.3. The van der Waals surface area contributed by atoms with Crippen LogP contribution in [0, 0.1) is 5.82 Å².